The van der Waals surface area contributed by atoms with E-state index < -0.39 is 6.61 Å². The van der Waals surface area contributed by atoms with E-state index in [0.29, 0.717) is 6.04 Å². The van der Waals surface area contributed by atoms with Gasteiger partial charge in [0.05, 0.1) is 0 Å². The first-order valence-corrected chi connectivity index (χ1v) is 6.61. The highest BCUT2D eigenvalue weighted by Gasteiger charge is 2.18. The maximum absolute atomic E-state index is 12.4. The van der Waals surface area contributed by atoms with Crippen LogP contribution in [0.3, 0.4) is 0 Å². The van der Waals surface area contributed by atoms with Gasteiger partial charge < -0.3 is 10.1 Å². The van der Waals surface area contributed by atoms with Crippen LogP contribution in [-0.4, -0.2) is 12.7 Å². The van der Waals surface area contributed by atoms with Gasteiger partial charge in [-0.05, 0) is 32.3 Å². The average Bonchev–Trinajstić information content (AvgIpc) is 2.39. The number of rotatable bonds is 5. The van der Waals surface area contributed by atoms with Gasteiger partial charge in [0.15, 0.2) is 0 Å². The summed E-state index contributed by atoms with van der Waals surface area (Å²) >= 11 is 0. The van der Waals surface area contributed by atoms with Gasteiger partial charge in [0.2, 0.25) is 0 Å². The molecule has 4 heteroatoms. The van der Waals surface area contributed by atoms with E-state index in [2.05, 4.69) is 22.2 Å². The summed E-state index contributed by atoms with van der Waals surface area (Å²) in [5, 5.41) is 3.47. The normalized spacial score (nSPS) is 20.5. The molecule has 1 aromatic rings. The summed E-state index contributed by atoms with van der Waals surface area (Å²) < 4.78 is 29.3. The number of alkyl halides is 2. The van der Waals surface area contributed by atoms with Crippen molar-refractivity contribution < 1.29 is 13.5 Å². The molecular weight excluding hydrogens is 248 g/mol. The van der Waals surface area contributed by atoms with Gasteiger partial charge in [-0.2, -0.15) is 8.78 Å². The van der Waals surface area contributed by atoms with Crippen LogP contribution in [0.5, 0.6) is 5.75 Å². The predicted octanol–water partition coefficient (Wildman–Crippen LogP) is 4.05. The minimum absolute atomic E-state index is 0.00792. The first kappa shape index (κ1) is 14.0. The van der Waals surface area contributed by atoms with Crippen LogP contribution in [0.15, 0.2) is 36.4 Å². The third-order valence-corrected chi connectivity index (χ3v) is 3.36. The molecule has 0 aliphatic heterocycles. The molecule has 2 rings (SSSR count). The highest BCUT2D eigenvalue weighted by atomic mass is 19.3. The summed E-state index contributed by atoms with van der Waals surface area (Å²) in [6.45, 7) is -0.808. The monoisotopic (exact) mass is 267 g/mol. The lowest BCUT2D eigenvalue weighted by molar-refractivity contribution is -0.0506. The molecule has 2 unspecified atom stereocenters. The molecule has 0 saturated carbocycles. The maximum atomic E-state index is 12.4. The molecule has 1 aromatic carbocycles. The molecule has 1 aliphatic rings. The highest BCUT2D eigenvalue weighted by Crippen LogP contribution is 2.27. The van der Waals surface area contributed by atoms with Crippen molar-refractivity contribution in [2.75, 3.05) is 0 Å². The van der Waals surface area contributed by atoms with Crippen molar-refractivity contribution in [3.05, 3.63) is 42.0 Å². The van der Waals surface area contributed by atoms with Crippen LogP contribution in [0.2, 0.25) is 0 Å². The Morgan fingerprint density at radius 2 is 2.05 bits per heavy atom. The second-order valence-electron chi connectivity index (χ2n) is 4.79. The average molecular weight is 267 g/mol. The smallest absolute Gasteiger partial charge is 0.387 e. The molecule has 1 N–H and O–H groups in total. The number of allylic oxidation sites excluding steroid dienone is 1. The minimum Gasteiger partial charge on any atom is -0.434 e. The number of nitrogens with one attached hydrogen (secondary N) is 1. The van der Waals surface area contributed by atoms with Gasteiger partial charge in [-0.25, -0.2) is 0 Å². The summed E-state index contributed by atoms with van der Waals surface area (Å²) in [5.74, 6) is 0.254. The quantitative estimate of drug-likeness (QED) is 0.813. The molecule has 0 heterocycles. The Hall–Kier alpha value is -1.42. The first-order valence-electron chi connectivity index (χ1n) is 6.61. The van der Waals surface area contributed by atoms with Gasteiger partial charge >= 0.3 is 6.61 Å². The van der Waals surface area contributed by atoms with Crippen LogP contribution in [0, 0.1) is 0 Å². The second kappa shape index (κ2) is 6.66. The van der Waals surface area contributed by atoms with Crippen molar-refractivity contribution in [1.29, 1.82) is 0 Å². The van der Waals surface area contributed by atoms with Gasteiger partial charge in [-0.15, -0.1) is 0 Å². The fraction of sp³-hybridized carbons (Fsp3) is 0.467. The van der Waals surface area contributed by atoms with Crippen molar-refractivity contribution in [2.24, 2.45) is 0 Å². The fourth-order valence-corrected chi connectivity index (χ4v) is 2.43. The molecular formula is C15H19F2NO. The zero-order valence-electron chi connectivity index (χ0n) is 11.0. The number of para-hydroxylation sites is 1. The zero-order chi connectivity index (χ0) is 13.7. The maximum Gasteiger partial charge on any atom is 0.387 e. The van der Waals surface area contributed by atoms with Crippen LogP contribution >= 0.6 is 0 Å². The van der Waals surface area contributed by atoms with Crippen LogP contribution in [0.1, 0.15) is 37.8 Å². The van der Waals surface area contributed by atoms with Crippen LogP contribution in [0.25, 0.3) is 0 Å². The van der Waals surface area contributed by atoms with Gasteiger partial charge in [0, 0.05) is 17.6 Å². The van der Waals surface area contributed by atoms with Gasteiger partial charge in [-0.1, -0.05) is 30.4 Å². The van der Waals surface area contributed by atoms with E-state index in [-0.39, 0.29) is 11.8 Å². The molecule has 0 bridgehead atoms. The molecule has 0 aromatic heterocycles. The lowest BCUT2D eigenvalue weighted by Gasteiger charge is -2.25. The topological polar surface area (TPSA) is 21.3 Å². The summed E-state index contributed by atoms with van der Waals surface area (Å²) in [4.78, 5) is 0. The van der Waals surface area contributed by atoms with Crippen molar-refractivity contribution in [2.45, 2.75) is 44.9 Å². The number of halogens is 2. The number of hydrogen-bond acceptors (Lipinski definition) is 2. The summed E-state index contributed by atoms with van der Waals surface area (Å²) in [6.07, 6.45) is 7.48. The Balaban J connectivity index is 2.05. The van der Waals surface area contributed by atoms with Gasteiger partial charge in [0.1, 0.15) is 5.75 Å². The van der Waals surface area contributed by atoms with E-state index in [9.17, 15) is 8.78 Å². The molecule has 0 fully saturated rings. The summed E-state index contributed by atoms with van der Waals surface area (Å²) in [5.41, 5.74) is 0.775. The molecule has 2 nitrogen and oxygen atoms in total. The lowest BCUT2D eigenvalue weighted by Crippen LogP contribution is -2.32. The van der Waals surface area contributed by atoms with E-state index >= 15 is 0 Å². The Kier molecular flexibility index (Phi) is 4.91. The highest BCUT2D eigenvalue weighted by molar-refractivity contribution is 5.35. The predicted molar refractivity (Wildman–Crippen MR) is 71.4 cm³/mol. The molecule has 0 amide bonds. The number of hydrogen-bond donors (Lipinski definition) is 1. The molecule has 2 atom stereocenters. The molecule has 0 saturated heterocycles. The van der Waals surface area contributed by atoms with Gasteiger partial charge in [-0.3, -0.25) is 0 Å². The standard InChI is InChI=1S/C15H19F2NO/c1-11(18-12-7-3-2-4-8-12)13-9-5-6-10-14(13)19-15(16)17/h2-3,5-6,9-12,15,18H,4,7-8H2,1H3. The Morgan fingerprint density at radius 3 is 2.74 bits per heavy atom. The largest absolute Gasteiger partial charge is 0.434 e. The van der Waals surface area contributed by atoms with E-state index in [1.54, 1.807) is 12.1 Å². The lowest BCUT2D eigenvalue weighted by atomic mass is 9.99. The number of benzene rings is 1. The Labute approximate surface area is 112 Å². The third kappa shape index (κ3) is 4.03. The zero-order valence-corrected chi connectivity index (χ0v) is 11.0. The van der Waals surface area contributed by atoms with Gasteiger partial charge in [0.25, 0.3) is 0 Å². The van der Waals surface area contributed by atoms with Crippen LogP contribution < -0.4 is 10.1 Å². The van der Waals surface area contributed by atoms with Crippen molar-refractivity contribution in [3.63, 3.8) is 0 Å². The molecule has 1 aliphatic carbocycles. The Bertz CT molecular complexity index is 434. The van der Waals surface area contributed by atoms with E-state index in [1.165, 1.54) is 0 Å². The van der Waals surface area contributed by atoms with E-state index in [1.807, 2.05) is 19.1 Å². The van der Waals surface area contributed by atoms with Crippen molar-refractivity contribution >= 4 is 0 Å². The van der Waals surface area contributed by atoms with Crippen molar-refractivity contribution in [1.82, 2.24) is 5.32 Å². The SMILES string of the molecule is CC(NC1CC=CCC1)c1ccccc1OC(F)F. The van der Waals surface area contributed by atoms with E-state index in [0.717, 1.165) is 24.8 Å². The second-order valence-corrected chi connectivity index (χ2v) is 4.79. The molecule has 19 heavy (non-hydrogen) atoms. The first-order chi connectivity index (χ1) is 9.16. The van der Waals surface area contributed by atoms with Crippen LogP contribution in [-0.2, 0) is 0 Å². The van der Waals surface area contributed by atoms with E-state index in [4.69, 9.17) is 0 Å². The fourth-order valence-electron chi connectivity index (χ4n) is 2.43. The molecule has 0 spiro atoms. The van der Waals surface area contributed by atoms with Crippen LogP contribution in [0.4, 0.5) is 8.78 Å². The number of ether oxygens (including phenoxy) is 1. The summed E-state index contributed by atoms with van der Waals surface area (Å²) in [6, 6.07) is 7.35. The Morgan fingerprint density at radius 1 is 1.26 bits per heavy atom. The third-order valence-electron chi connectivity index (χ3n) is 3.36. The minimum atomic E-state index is -2.79. The summed E-state index contributed by atoms with van der Waals surface area (Å²) in [7, 11) is 0. The van der Waals surface area contributed by atoms with Crippen molar-refractivity contribution in [3.8, 4) is 5.75 Å². The molecule has 104 valence electrons. The molecule has 0 radical (unpaired) electrons.